The van der Waals surface area contributed by atoms with E-state index in [1.807, 2.05) is 0 Å². The van der Waals surface area contributed by atoms with Crippen LogP contribution in [0.25, 0.3) is 0 Å². The van der Waals surface area contributed by atoms with Gasteiger partial charge in [0, 0.05) is 0 Å². The fourth-order valence-corrected chi connectivity index (χ4v) is 2.84. The first-order chi connectivity index (χ1) is 7.36. The van der Waals surface area contributed by atoms with Gasteiger partial charge in [0.2, 0.25) is 0 Å². The lowest BCUT2D eigenvalue weighted by molar-refractivity contribution is -0.134. The van der Waals surface area contributed by atoms with Gasteiger partial charge >= 0.3 is 5.97 Å². The van der Waals surface area contributed by atoms with Crippen molar-refractivity contribution in [2.24, 2.45) is 0 Å². The molecule has 0 saturated carbocycles. The second kappa shape index (κ2) is 4.84. The van der Waals surface area contributed by atoms with Crippen LogP contribution in [0.3, 0.4) is 0 Å². The molecule has 0 unspecified atom stereocenters. The predicted molar refractivity (Wildman–Crippen MR) is 60.4 cm³/mol. The van der Waals surface area contributed by atoms with E-state index in [0.717, 1.165) is 0 Å². The Labute approximate surface area is 101 Å². The molecule has 0 amide bonds. The van der Waals surface area contributed by atoms with Crippen LogP contribution < -0.4 is 4.74 Å². The summed E-state index contributed by atoms with van der Waals surface area (Å²) in [6.45, 7) is 0. The second-order valence-electron chi connectivity index (χ2n) is 2.95. The van der Waals surface area contributed by atoms with Crippen molar-refractivity contribution in [2.75, 3.05) is 12.9 Å². The number of rotatable bonds is 4. The minimum Gasteiger partial charge on any atom is -0.496 e. The molecule has 7 heteroatoms. The number of sulfone groups is 1. The van der Waals surface area contributed by atoms with Gasteiger partial charge in [0.05, 0.1) is 16.5 Å². The molecule has 88 valence electrons. The minimum absolute atomic E-state index is 0.0532. The second-order valence-corrected chi connectivity index (χ2v) is 5.79. The van der Waals surface area contributed by atoms with Gasteiger partial charge in [-0.25, -0.2) is 8.42 Å². The van der Waals surface area contributed by atoms with Gasteiger partial charge in [0.1, 0.15) is 5.75 Å². The van der Waals surface area contributed by atoms with E-state index in [0.29, 0.717) is 10.2 Å². The molecule has 0 saturated heterocycles. The molecule has 0 aliphatic carbocycles. The number of hydrogen-bond donors (Lipinski definition) is 1. The fraction of sp³-hybridized carbons (Fsp3) is 0.222. The van der Waals surface area contributed by atoms with Crippen LogP contribution in [0.2, 0.25) is 0 Å². The average Bonchev–Trinajstić information content (AvgIpc) is 2.15. The van der Waals surface area contributed by atoms with E-state index in [1.165, 1.54) is 25.3 Å². The van der Waals surface area contributed by atoms with Gasteiger partial charge in [0.25, 0.3) is 0 Å². The molecule has 1 rings (SSSR count). The standard InChI is InChI=1S/C9H9BrO5S/c1-15-8-3-2-6(4-7(8)10)16(13,14)5-9(11)12/h2-4H,5H2,1H3,(H,11,12). The predicted octanol–water partition coefficient (Wildman–Crippen LogP) is 1.32. The van der Waals surface area contributed by atoms with Crippen molar-refractivity contribution >= 4 is 31.7 Å². The SMILES string of the molecule is COc1ccc(S(=O)(=O)CC(=O)O)cc1Br. The van der Waals surface area contributed by atoms with Crippen molar-refractivity contribution in [1.29, 1.82) is 0 Å². The lowest BCUT2D eigenvalue weighted by atomic mass is 10.3. The summed E-state index contributed by atoms with van der Waals surface area (Å²) >= 11 is 3.13. The number of aliphatic carboxylic acids is 1. The third-order valence-corrected chi connectivity index (χ3v) is 4.01. The lowest BCUT2D eigenvalue weighted by Crippen LogP contribution is -2.15. The van der Waals surface area contributed by atoms with E-state index >= 15 is 0 Å². The number of methoxy groups -OCH3 is 1. The van der Waals surface area contributed by atoms with Crippen molar-refractivity contribution in [3.8, 4) is 5.75 Å². The van der Waals surface area contributed by atoms with Crippen LogP contribution in [0.15, 0.2) is 27.6 Å². The quantitative estimate of drug-likeness (QED) is 0.907. The normalized spacial score (nSPS) is 11.1. The highest BCUT2D eigenvalue weighted by atomic mass is 79.9. The zero-order valence-electron chi connectivity index (χ0n) is 8.31. The molecule has 1 N–H and O–H groups in total. The minimum atomic E-state index is -3.79. The van der Waals surface area contributed by atoms with Crippen molar-refractivity contribution in [3.05, 3.63) is 22.7 Å². The highest BCUT2D eigenvalue weighted by molar-refractivity contribution is 9.10. The number of carbonyl (C=O) groups is 1. The van der Waals surface area contributed by atoms with E-state index in [9.17, 15) is 13.2 Å². The van der Waals surface area contributed by atoms with Crippen LogP contribution in [0.4, 0.5) is 0 Å². The van der Waals surface area contributed by atoms with Crippen LogP contribution in [-0.2, 0) is 14.6 Å². The highest BCUT2D eigenvalue weighted by Crippen LogP contribution is 2.27. The molecule has 0 radical (unpaired) electrons. The smallest absolute Gasteiger partial charge is 0.319 e. The van der Waals surface area contributed by atoms with Gasteiger partial charge in [-0.2, -0.15) is 0 Å². The average molecular weight is 309 g/mol. The molecule has 16 heavy (non-hydrogen) atoms. The van der Waals surface area contributed by atoms with Crippen molar-refractivity contribution in [2.45, 2.75) is 4.90 Å². The van der Waals surface area contributed by atoms with E-state index < -0.39 is 21.6 Å². The summed E-state index contributed by atoms with van der Waals surface area (Å²) in [7, 11) is -2.34. The van der Waals surface area contributed by atoms with Gasteiger partial charge in [-0.1, -0.05) is 0 Å². The Morgan fingerprint density at radius 3 is 2.56 bits per heavy atom. The van der Waals surface area contributed by atoms with Crippen molar-refractivity contribution in [3.63, 3.8) is 0 Å². The fourth-order valence-electron chi connectivity index (χ4n) is 1.09. The van der Waals surface area contributed by atoms with Crippen LogP contribution in [0.5, 0.6) is 5.75 Å². The van der Waals surface area contributed by atoms with Gasteiger partial charge in [-0.15, -0.1) is 0 Å². The van der Waals surface area contributed by atoms with Crippen LogP contribution in [0, 0.1) is 0 Å². The molecule has 0 spiro atoms. The first-order valence-corrected chi connectivity index (χ1v) is 6.59. The molecule has 1 aromatic rings. The summed E-state index contributed by atoms with van der Waals surface area (Å²) in [5.41, 5.74) is 0. The summed E-state index contributed by atoms with van der Waals surface area (Å²) in [5.74, 6) is -1.83. The molecule has 0 aliphatic heterocycles. The molecular weight excluding hydrogens is 300 g/mol. The van der Waals surface area contributed by atoms with Crippen LogP contribution in [-0.4, -0.2) is 32.4 Å². The van der Waals surface area contributed by atoms with E-state index in [-0.39, 0.29) is 4.90 Å². The Morgan fingerprint density at radius 2 is 2.12 bits per heavy atom. The first-order valence-electron chi connectivity index (χ1n) is 4.15. The number of carboxylic acid groups (broad SMARTS) is 1. The Balaban J connectivity index is 3.15. The Bertz CT molecular complexity index is 509. The first kappa shape index (κ1) is 13.0. The van der Waals surface area contributed by atoms with E-state index in [1.54, 1.807) is 0 Å². The number of hydrogen-bond acceptors (Lipinski definition) is 4. The third-order valence-electron chi connectivity index (χ3n) is 1.80. The molecule has 0 bridgehead atoms. The monoisotopic (exact) mass is 308 g/mol. The number of ether oxygens (including phenoxy) is 1. The van der Waals surface area contributed by atoms with E-state index in [2.05, 4.69) is 15.9 Å². The number of carboxylic acids is 1. The van der Waals surface area contributed by atoms with Crippen LogP contribution >= 0.6 is 15.9 Å². The summed E-state index contributed by atoms with van der Waals surface area (Å²) in [5, 5.41) is 8.46. The largest absolute Gasteiger partial charge is 0.496 e. The maximum absolute atomic E-state index is 11.6. The molecule has 0 heterocycles. The Hall–Kier alpha value is -1.08. The Kier molecular flexibility index (Phi) is 3.93. The molecule has 0 aliphatic rings. The summed E-state index contributed by atoms with van der Waals surface area (Å²) < 4.78 is 28.5. The lowest BCUT2D eigenvalue weighted by Gasteiger charge is -2.06. The maximum Gasteiger partial charge on any atom is 0.319 e. The summed E-state index contributed by atoms with van der Waals surface area (Å²) in [6.07, 6.45) is 0. The van der Waals surface area contributed by atoms with Crippen molar-refractivity contribution in [1.82, 2.24) is 0 Å². The van der Waals surface area contributed by atoms with Crippen LogP contribution in [0.1, 0.15) is 0 Å². The zero-order chi connectivity index (χ0) is 12.3. The Morgan fingerprint density at radius 1 is 1.50 bits per heavy atom. The third kappa shape index (κ3) is 2.96. The molecular formula is C9H9BrO5S. The summed E-state index contributed by atoms with van der Waals surface area (Å²) in [6, 6.07) is 4.08. The number of halogens is 1. The zero-order valence-corrected chi connectivity index (χ0v) is 10.7. The van der Waals surface area contributed by atoms with E-state index in [4.69, 9.17) is 9.84 Å². The van der Waals surface area contributed by atoms with Gasteiger partial charge in [-0.05, 0) is 34.1 Å². The molecule has 0 aromatic heterocycles. The highest BCUT2D eigenvalue weighted by Gasteiger charge is 2.19. The molecule has 1 aromatic carbocycles. The van der Waals surface area contributed by atoms with Gasteiger partial charge in [-0.3, -0.25) is 4.79 Å². The van der Waals surface area contributed by atoms with Crippen molar-refractivity contribution < 1.29 is 23.1 Å². The summed E-state index contributed by atoms with van der Waals surface area (Å²) in [4.78, 5) is 10.3. The molecule has 5 nitrogen and oxygen atoms in total. The van der Waals surface area contributed by atoms with Gasteiger partial charge in [0.15, 0.2) is 15.6 Å². The molecule has 0 fully saturated rings. The number of benzene rings is 1. The topological polar surface area (TPSA) is 80.7 Å². The maximum atomic E-state index is 11.6. The molecule has 0 atom stereocenters. The van der Waals surface area contributed by atoms with Gasteiger partial charge < -0.3 is 9.84 Å².